The summed E-state index contributed by atoms with van der Waals surface area (Å²) in [6, 6.07) is 6.71. The second-order valence-corrected chi connectivity index (χ2v) is 5.66. The minimum absolute atomic E-state index is 0. The van der Waals surface area contributed by atoms with Gasteiger partial charge in [-0.1, -0.05) is 6.92 Å². The highest BCUT2D eigenvalue weighted by Crippen LogP contribution is 2.26. The molecule has 1 heterocycles. The van der Waals surface area contributed by atoms with Crippen LogP contribution in [0.3, 0.4) is 0 Å². The van der Waals surface area contributed by atoms with Gasteiger partial charge in [-0.2, -0.15) is 0 Å². The van der Waals surface area contributed by atoms with E-state index in [1.165, 1.54) is 24.1 Å². The normalized spacial score (nSPS) is 15.4. The highest BCUT2D eigenvalue weighted by atomic mass is 35.5. The van der Waals surface area contributed by atoms with Gasteiger partial charge in [-0.25, -0.2) is 0 Å². The molecule has 2 aliphatic rings. The fourth-order valence-corrected chi connectivity index (χ4v) is 2.90. The van der Waals surface area contributed by atoms with Gasteiger partial charge in [0, 0.05) is 36.9 Å². The first-order chi connectivity index (χ1) is 9.78. The van der Waals surface area contributed by atoms with E-state index in [0.29, 0.717) is 0 Å². The maximum absolute atomic E-state index is 12.1. The Morgan fingerprint density at radius 3 is 2.82 bits per heavy atom. The average molecular weight is 346 g/mol. The van der Waals surface area contributed by atoms with Crippen LogP contribution in [0.4, 0.5) is 5.69 Å². The molecule has 0 aromatic heterocycles. The van der Waals surface area contributed by atoms with Crippen molar-refractivity contribution < 1.29 is 4.79 Å². The van der Waals surface area contributed by atoms with Crippen molar-refractivity contribution in [3.63, 3.8) is 0 Å². The molecule has 124 valence electrons. The minimum Gasteiger partial charge on any atom is -0.384 e. The number of likely N-dealkylation sites (N-methyl/N-ethyl adjacent to an activating group) is 1. The van der Waals surface area contributed by atoms with Crippen molar-refractivity contribution in [2.75, 3.05) is 31.5 Å². The van der Waals surface area contributed by atoms with Crippen LogP contribution in [0.1, 0.15) is 35.7 Å². The zero-order valence-corrected chi connectivity index (χ0v) is 14.6. The van der Waals surface area contributed by atoms with Gasteiger partial charge < -0.3 is 10.6 Å². The summed E-state index contributed by atoms with van der Waals surface area (Å²) >= 11 is 0. The van der Waals surface area contributed by atoms with E-state index in [2.05, 4.69) is 22.5 Å². The van der Waals surface area contributed by atoms with Gasteiger partial charge in [-0.05, 0) is 49.6 Å². The lowest BCUT2D eigenvalue weighted by Gasteiger charge is -2.19. The van der Waals surface area contributed by atoms with Crippen molar-refractivity contribution in [1.29, 1.82) is 0 Å². The maximum atomic E-state index is 12.1. The van der Waals surface area contributed by atoms with Gasteiger partial charge in [0.25, 0.3) is 5.91 Å². The molecule has 1 aliphatic heterocycles. The van der Waals surface area contributed by atoms with E-state index in [-0.39, 0.29) is 30.7 Å². The second-order valence-electron chi connectivity index (χ2n) is 5.66. The van der Waals surface area contributed by atoms with Crippen LogP contribution >= 0.6 is 24.8 Å². The molecule has 1 fully saturated rings. The van der Waals surface area contributed by atoms with Crippen LogP contribution < -0.4 is 10.6 Å². The Morgan fingerprint density at radius 2 is 2.14 bits per heavy atom. The fourth-order valence-electron chi connectivity index (χ4n) is 2.90. The number of nitrogens with zero attached hydrogens (tertiary/aromatic N) is 1. The molecule has 3 rings (SSSR count). The van der Waals surface area contributed by atoms with Gasteiger partial charge in [-0.3, -0.25) is 9.69 Å². The molecule has 0 atom stereocenters. The van der Waals surface area contributed by atoms with Gasteiger partial charge in [-0.15, -0.1) is 24.8 Å². The largest absolute Gasteiger partial charge is 0.384 e. The van der Waals surface area contributed by atoms with Crippen LogP contribution in [0, 0.1) is 0 Å². The summed E-state index contributed by atoms with van der Waals surface area (Å²) in [7, 11) is 0. The van der Waals surface area contributed by atoms with Crippen LogP contribution in [0.5, 0.6) is 0 Å². The van der Waals surface area contributed by atoms with Crippen LogP contribution in [0.15, 0.2) is 18.2 Å². The van der Waals surface area contributed by atoms with Crippen molar-refractivity contribution in [3.05, 3.63) is 29.3 Å². The number of amides is 1. The molecule has 0 spiro atoms. The van der Waals surface area contributed by atoms with Gasteiger partial charge in [0.05, 0.1) is 0 Å². The third-order valence-electron chi connectivity index (χ3n) is 4.23. The first-order valence-electron chi connectivity index (χ1n) is 7.67. The maximum Gasteiger partial charge on any atom is 0.251 e. The number of fused-ring (bicyclic) bond motifs is 1. The molecule has 0 unspecified atom stereocenters. The molecule has 0 radical (unpaired) electrons. The van der Waals surface area contributed by atoms with Crippen molar-refractivity contribution >= 4 is 36.4 Å². The third kappa shape index (κ3) is 4.51. The first-order valence-corrected chi connectivity index (χ1v) is 7.67. The number of carbonyl (C=O) groups excluding carboxylic acids is 1. The van der Waals surface area contributed by atoms with Crippen molar-refractivity contribution in [3.8, 4) is 0 Å². The number of nitrogens with one attached hydrogen (secondary N) is 2. The lowest BCUT2D eigenvalue weighted by molar-refractivity contribution is 0.0948. The molecular weight excluding hydrogens is 321 g/mol. The molecule has 1 amide bonds. The SMILES string of the molecule is CCN(CCNC(=O)c1ccc2c(c1)CCN2)C1CC1.Cl.Cl. The molecule has 6 heteroatoms. The number of anilines is 1. The predicted molar refractivity (Wildman–Crippen MR) is 95.7 cm³/mol. The summed E-state index contributed by atoms with van der Waals surface area (Å²) in [5.74, 6) is 0.0477. The highest BCUT2D eigenvalue weighted by molar-refractivity contribution is 5.95. The second kappa shape index (κ2) is 8.61. The van der Waals surface area contributed by atoms with Crippen LogP contribution in [-0.2, 0) is 6.42 Å². The standard InChI is InChI=1S/C16H23N3O.2ClH/c1-2-19(14-4-5-14)10-9-18-16(20)13-3-6-15-12(11-13)7-8-17-15;;/h3,6,11,14,17H,2,4-5,7-10H2,1H3,(H,18,20);2*1H. The summed E-state index contributed by atoms with van der Waals surface area (Å²) in [5, 5.41) is 6.35. The Balaban J connectivity index is 0.00000121. The van der Waals surface area contributed by atoms with E-state index in [1.54, 1.807) is 0 Å². The van der Waals surface area contributed by atoms with E-state index in [9.17, 15) is 4.79 Å². The summed E-state index contributed by atoms with van der Waals surface area (Å²) in [6.45, 7) is 5.93. The van der Waals surface area contributed by atoms with E-state index in [4.69, 9.17) is 0 Å². The minimum atomic E-state index is 0. The Bertz CT molecular complexity index is 506. The molecule has 22 heavy (non-hydrogen) atoms. The van der Waals surface area contributed by atoms with Crippen molar-refractivity contribution in [1.82, 2.24) is 10.2 Å². The summed E-state index contributed by atoms with van der Waals surface area (Å²) < 4.78 is 0. The zero-order chi connectivity index (χ0) is 13.9. The molecular formula is C16H25Cl2N3O. The van der Waals surface area contributed by atoms with Gasteiger partial charge in [0.15, 0.2) is 0 Å². The molecule has 1 aromatic rings. The van der Waals surface area contributed by atoms with E-state index >= 15 is 0 Å². The van der Waals surface area contributed by atoms with Crippen LogP contribution in [-0.4, -0.2) is 43.0 Å². The lowest BCUT2D eigenvalue weighted by atomic mass is 10.1. The third-order valence-corrected chi connectivity index (χ3v) is 4.23. The molecule has 0 saturated heterocycles. The lowest BCUT2D eigenvalue weighted by Crippen LogP contribution is -2.36. The quantitative estimate of drug-likeness (QED) is 0.833. The van der Waals surface area contributed by atoms with Gasteiger partial charge in [0.2, 0.25) is 0 Å². The van der Waals surface area contributed by atoms with Crippen LogP contribution in [0.2, 0.25) is 0 Å². The Labute approximate surface area is 144 Å². The van der Waals surface area contributed by atoms with Crippen LogP contribution in [0.25, 0.3) is 0 Å². The number of halogens is 2. The summed E-state index contributed by atoms with van der Waals surface area (Å²) in [5.41, 5.74) is 3.21. The molecule has 1 aliphatic carbocycles. The summed E-state index contributed by atoms with van der Waals surface area (Å²) in [4.78, 5) is 14.6. The molecule has 0 bridgehead atoms. The van der Waals surface area contributed by atoms with E-state index in [1.807, 2.05) is 18.2 Å². The number of hydrogen-bond acceptors (Lipinski definition) is 3. The molecule has 2 N–H and O–H groups in total. The van der Waals surface area contributed by atoms with Gasteiger partial charge >= 0.3 is 0 Å². The topological polar surface area (TPSA) is 44.4 Å². The molecule has 4 nitrogen and oxygen atoms in total. The smallest absolute Gasteiger partial charge is 0.251 e. The molecule has 1 saturated carbocycles. The average Bonchev–Trinajstić information content (AvgIpc) is 3.19. The summed E-state index contributed by atoms with van der Waals surface area (Å²) in [6.07, 6.45) is 3.65. The van der Waals surface area contributed by atoms with Crippen molar-refractivity contribution in [2.24, 2.45) is 0 Å². The highest BCUT2D eigenvalue weighted by Gasteiger charge is 2.27. The Hall–Kier alpha value is -0.970. The Morgan fingerprint density at radius 1 is 1.36 bits per heavy atom. The zero-order valence-electron chi connectivity index (χ0n) is 12.9. The van der Waals surface area contributed by atoms with E-state index in [0.717, 1.165) is 44.2 Å². The van der Waals surface area contributed by atoms with Gasteiger partial charge in [0.1, 0.15) is 0 Å². The van der Waals surface area contributed by atoms with E-state index < -0.39 is 0 Å². The van der Waals surface area contributed by atoms with Crippen molar-refractivity contribution in [2.45, 2.75) is 32.2 Å². The number of rotatable bonds is 6. The fraction of sp³-hybridized carbons (Fsp3) is 0.562. The first kappa shape index (κ1) is 19.1. The molecule has 1 aromatic carbocycles. The Kier molecular flexibility index (Phi) is 7.46. The number of benzene rings is 1. The monoisotopic (exact) mass is 345 g/mol. The number of hydrogen-bond donors (Lipinski definition) is 2. The predicted octanol–water partition coefficient (Wildman–Crippen LogP) is 2.71. The number of carbonyl (C=O) groups is 1.